The molecule has 0 amide bonds. The molecule has 0 bridgehead atoms. The molecule has 0 aromatic carbocycles. The lowest BCUT2D eigenvalue weighted by molar-refractivity contribution is -0.0915. The standard InChI is InChI=1S/C10H12F4O/c1-5-4-9(3,11)8(15)7(5)6(2)10(12,13)14/h8,15H,2,4H2,1,3H3/t8-,9?/m0/s1. The van der Waals surface area contributed by atoms with Crippen LogP contribution in [0.3, 0.4) is 0 Å². The van der Waals surface area contributed by atoms with Crippen molar-refractivity contribution < 1.29 is 22.7 Å². The highest BCUT2D eigenvalue weighted by molar-refractivity contribution is 5.45. The normalized spacial score (nSPS) is 32.3. The highest BCUT2D eigenvalue weighted by Crippen LogP contribution is 2.44. The van der Waals surface area contributed by atoms with Gasteiger partial charge in [0.15, 0.2) is 0 Å². The molecule has 1 unspecified atom stereocenters. The molecule has 15 heavy (non-hydrogen) atoms. The van der Waals surface area contributed by atoms with Gasteiger partial charge >= 0.3 is 6.18 Å². The van der Waals surface area contributed by atoms with E-state index in [2.05, 4.69) is 6.58 Å². The molecule has 5 heteroatoms. The fraction of sp³-hybridized carbons (Fsp3) is 0.600. The number of rotatable bonds is 1. The molecule has 0 spiro atoms. The summed E-state index contributed by atoms with van der Waals surface area (Å²) >= 11 is 0. The van der Waals surface area contributed by atoms with Crippen molar-refractivity contribution in [2.24, 2.45) is 0 Å². The van der Waals surface area contributed by atoms with E-state index in [9.17, 15) is 22.7 Å². The van der Waals surface area contributed by atoms with Crippen LogP contribution in [-0.2, 0) is 0 Å². The summed E-state index contributed by atoms with van der Waals surface area (Å²) in [6.45, 7) is 5.32. The summed E-state index contributed by atoms with van der Waals surface area (Å²) in [4.78, 5) is 0. The molecule has 0 saturated carbocycles. The summed E-state index contributed by atoms with van der Waals surface area (Å²) in [6, 6.07) is 0. The Bertz CT molecular complexity index is 325. The largest absolute Gasteiger partial charge is 0.416 e. The summed E-state index contributed by atoms with van der Waals surface area (Å²) in [6.07, 6.45) is -6.57. The molecule has 1 aliphatic carbocycles. The second-order valence-electron chi connectivity index (χ2n) is 4.03. The van der Waals surface area contributed by atoms with E-state index in [0.717, 1.165) is 6.92 Å². The number of aliphatic hydroxyl groups excluding tert-OH is 1. The van der Waals surface area contributed by atoms with E-state index in [-0.39, 0.29) is 12.0 Å². The van der Waals surface area contributed by atoms with Crippen LogP contribution in [-0.4, -0.2) is 23.1 Å². The number of aliphatic hydroxyl groups is 1. The first-order valence-corrected chi connectivity index (χ1v) is 4.40. The van der Waals surface area contributed by atoms with Gasteiger partial charge in [-0.25, -0.2) is 4.39 Å². The van der Waals surface area contributed by atoms with E-state index in [0.29, 0.717) is 0 Å². The van der Waals surface area contributed by atoms with Gasteiger partial charge in [-0.3, -0.25) is 0 Å². The third-order valence-electron chi connectivity index (χ3n) is 2.58. The second kappa shape index (κ2) is 3.33. The van der Waals surface area contributed by atoms with Crippen molar-refractivity contribution >= 4 is 0 Å². The molecule has 86 valence electrons. The lowest BCUT2D eigenvalue weighted by Crippen LogP contribution is -2.33. The molecule has 0 saturated heterocycles. The van der Waals surface area contributed by atoms with Crippen molar-refractivity contribution in [2.75, 3.05) is 0 Å². The van der Waals surface area contributed by atoms with Gasteiger partial charge in [-0.15, -0.1) is 0 Å². The third kappa shape index (κ3) is 2.07. The fourth-order valence-corrected chi connectivity index (χ4v) is 1.82. The first-order chi connectivity index (χ1) is 6.57. The minimum absolute atomic E-state index is 0.196. The van der Waals surface area contributed by atoms with Crippen LogP contribution in [0, 0.1) is 0 Å². The van der Waals surface area contributed by atoms with Crippen LogP contribution in [0.2, 0.25) is 0 Å². The van der Waals surface area contributed by atoms with Crippen LogP contribution in [0.4, 0.5) is 17.6 Å². The zero-order valence-corrected chi connectivity index (χ0v) is 8.45. The van der Waals surface area contributed by atoms with Gasteiger partial charge in [0, 0.05) is 6.42 Å². The van der Waals surface area contributed by atoms with Gasteiger partial charge in [0.05, 0.1) is 5.57 Å². The summed E-state index contributed by atoms with van der Waals surface area (Å²) < 4.78 is 50.6. The van der Waals surface area contributed by atoms with Crippen molar-refractivity contribution in [1.82, 2.24) is 0 Å². The van der Waals surface area contributed by atoms with E-state index >= 15 is 0 Å². The van der Waals surface area contributed by atoms with Gasteiger partial charge in [0.25, 0.3) is 0 Å². The average Bonchev–Trinajstić information content (AvgIpc) is 2.19. The zero-order chi connectivity index (χ0) is 12.0. The molecule has 1 rings (SSSR count). The Hall–Kier alpha value is -0.840. The Kier molecular flexibility index (Phi) is 2.72. The van der Waals surface area contributed by atoms with E-state index in [1.165, 1.54) is 6.92 Å². The molecule has 0 fully saturated rings. The molecular formula is C10H12F4O. The fourth-order valence-electron chi connectivity index (χ4n) is 1.82. The maximum Gasteiger partial charge on any atom is 0.416 e. The van der Waals surface area contributed by atoms with Gasteiger partial charge in [-0.2, -0.15) is 13.2 Å². The topological polar surface area (TPSA) is 20.2 Å². The van der Waals surface area contributed by atoms with Gasteiger partial charge in [0.1, 0.15) is 11.8 Å². The van der Waals surface area contributed by atoms with Crippen molar-refractivity contribution in [2.45, 2.75) is 38.2 Å². The van der Waals surface area contributed by atoms with E-state index in [4.69, 9.17) is 0 Å². The maximum atomic E-state index is 13.6. The molecule has 1 nitrogen and oxygen atoms in total. The third-order valence-corrected chi connectivity index (χ3v) is 2.58. The van der Waals surface area contributed by atoms with Crippen LogP contribution in [0.5, 0.6) is 0 Å². The second-order valence-corrected chi connectivity index (χ2v) is 4.03. The summed E-state index contributed by atoms with van der Waals surface area (Å²) in [5.41, 5.74) is -3.40. The zero-order valence-electron chi connectivity index (χ0n) is 8.45. The van der Waals surface area contributed by atoms with E-state index < -0.39 is 29.1 Å². The Morgan fingerprint density at radius 1 is 1.53 bits per heavy atom. The average molecular weight is 224 g/mol. The van der Waals surface area contributed by atoms with Crippen molar-refractivity contribution in [3.63, 3.8) is 0 Å². The predicted molar refractivity (Wildman–Crippen MR) is 48.0 cm³/mol. The van der Waals surface area contributed by atoms with Gasteiger partial charge < -0.3 is 5.11 Å². The lowest BCUT2D eigenvalue weighted by atomic mass is 9.97. The Morgan fingerprint density at radius 3 is 2.27 bits per heavy atom. The number of halogens is 4. The number of allylic oxidation sites excluding steroid dienone is 1. The molecule has 2 atom stereocenters. The molecule has 1 aliphatic rings. The van der Waals surface area contributed by atoms with Crippen LogP contribution in [0.25, 0.3) is 0 Å². The van der Waals surface area contributed by atoms with E-state index in [1.807, 2.05) is 0 Å². The number of hydrogen-bond acceptors (Lipinski definition) is 1. The molecule has 0 aliphatic heterocycles. The van der Waals surface area contributed by atoms with Crippen LogP contribution < -0.4 is 0 Å². The molecular weight excluding hydrogens is 212 g/mol. The summed E-state index contributed by atoms with van der Waals surface area (Å²) in [5, 5.41) is 9.43. The maximum absolute atomic E-state index is 13.6. The molecule has 0 aromatic heterocycles. The Labute approximate surface area is 85.1 Å². The van der Waals surface area contributed by atoms with Crippen LogP contribution >= 0.6 is 0 Å². The summed E-state index contributed by atoms with van der Waals surface area (Å²) in [5.74, 6) is 0. The van der Waals surface area contributed by atoms with Crippen LogP contribution in [0.1, 0.15) is 20.3 Å². The van der Waals surface area contributed by atoms with Gasteiger partial charge in [-0.1, -0.05) is 12.2 Å². The Morgan fingerprint density at radius 2 is 2.00 bits per heavy atom. The monoisotopic (exact) mass is 224 g/mol. The van der Waals surface area contributed by atoms with E-state index in [1.54, 1.807) is 0 Å². The lowest BCUT2D eigenvalue weighted by Gasteiger charge is -2.22. The van der Waals surface area contributed by atoms with Gasteiger partial charge in [-0.05, 0) is 19.4 Å². The highest BCUT2D eigenvalue weighted by Gasteiger charge is 2.48. The highest BCUT2D eigenvalue weighted by atomic mass is 19.4. The Balaban J connectivity index is 3.07. The molecule has 0 aromatic rings. The number of hydrogen-bond donors (Lipinski definition) is 1. The predicted octanol–water partition coefficient (Wildman–Crippen LogP) is 2.91. The van der Waals surface area contributed by atoms with Gasteiger partial charge in [0.2, 0.25) is 0 Å². The van der Waals surface area contributed by atoms with Crippen LogP contribution in [0.15, 0.2) is 23.3 Å². The molecule has 0 heterocycles. The summed E-state index contributed by atoms with van der Waals surface area (Å²) in [7, 11) is 0. The minimum Gasteiger partial charge on any atom is -0.385 e. The smallest absolute Gasteiger partial charge is 0.385 e. The van der Waals surface area contributed by atoms with Crippen molar-refractivity contribution in [3.8, 4) is 0 Å². The number of alkyl halides is 4. The first-order valence-electron chi connectivity index (χ1n) is 4.40. The van der Waals surface area contributed by atoms with Crippen molar-refractivity contribution in [3.05, 3.63) is 23.3 Å². The first kappa shape index (κ1) is 12.2. The van der Waals surface area contributed by atoms with Crippen molar-refractivity contribution in [1.29, 1.82) is 0 Å². The minimum atomic E-state index is -4.63. The quantitative estimate of drug-likeness (QED) is 0.679. The molecule has 0 radical (unpaired) electrons. The molecule has 1 N–H and O–H groups in total. The SMILES string of the molecule is C=C(C1=C(C)CC(C)(F)[C@H]1O)C(F)(F)F.